The fraction of sp³-hybridized carbons (Fsp3) is 0.625. The van der Waals surface area contributed by atoms with Crippen molar-refractivity contribution < 1.29 is 36.1 Å². The molecule has 5 heterocycles. The number of hydrogen-bond acceptors (Lipinski definition) is 5. The average molecular weight is 529 g/mol. The van der Waals surface area contributed by atoms with Crippen LogP contribution in [0.1, 0.15) is 61.6 Å². The van der Waals surface area contributed by atoms with Gasteiger partial charge in [0.25, 0.3) is 0 Å². The van der Waals surface area contributed by atoms with Crippen molar-refractivity contribution in [3.05, 3.63) is 44.8 Å². The first-order valence-electron chi connectivity index (χ1n) is 11.4. The lowest BCUT2D eigenvalue weighted by Crippen LogP contribution is -3.00. The van der Waals surface area contributed by atoms with Crippen LogP contribution in [0, 0.1) is 5.92 Å². The first kappa shape index (κ1) is 24.9. The number of halogens is 1. The Balaban J connectivity index is 0.00000272. The van der Waals surface area contributed by atoms with E-state index in [2.05, 4.69) is 6.92 Å². The van der Waals surface area contributed by atoms with Crippen molar-refractivity contribution in [2.45, 2.75) is 63.6 Å². The summed E-state index contributed by atoms with van der Waals surface area (Å²) >= 11 is 2.80. The molecule has 2 aromatic rings. The molecule has 0 aliphatic carbocycles. The van der Waals surface area contributed by atoms with E-state index in [1.54, 1.807) is 0 Å². The number of piperidine rings is 3. The van der Waals surface area contributed by atoms with E-state index in [1.807, 2.05) is 35.0 Å². The lowest BCUT2D eigenvalue weighted by molar-refractivity contribution is -0.946. The van der Waals surface area contributed by atoms with Crippen LogP contribution in [-0.4, -0.2) is 47.8 Å². The van der Waals surface area contributed by atoms with Crippen LogP contribution < -0.4 is 17.0 Å². The van der Waals surface area contributed by atoms with Crippen molar-refractivity contribution in [1.29, 1.82) is 0 Å². The van der Waals surface area contributed by atoms with E-state index in [-0.39, 0.29) is 23.1 Å². The Morgan fingerprint density at radius 1 is 1.10 bits per heavy atom. The van der Waals surface area contributed by atoms with Crippen molar-refractivity contribution in [2.24, 2.45) is 5.92 Å². The molecule has 0 unspecified atom stereocenters. The number of nitrogens with zero attached hydrogens (tertiary/aromatic N) is 1. The molecule has 3 aliphatic heterocycles. The SMILES string of the molecule is CCCCCCC[N+]12CCC(CC1)[C@@H](OC(=O)C(O)(c1cccs1)c1cccs1)C2.[Br-]. The number of carbonyl (C=O) groups excluding carboxylic acids is 1. The molecule has 0 saturated carbocycles. The molecule has 1 atom stereocenters. The normalized spacial score (nSPS) is 25.2. The number of carbonyl (C=O) groups is 1. The number of thiophene rings is 2. The summed E-state index contributed by atoms with van der Waals surface area (Å²) in [6.07, 6.45) is 8.67. The van der Waals surface area contributed by atoms with Gasteiger partial charge in [0.05, 0.1) is 29.4 Å². The van der Waals surface area contributed by atoms with Gasteiger partial charge in [0.1, 0.15) is 6.54 Å². The van der Waals surface area contributed by atoms with Crippen molar-refractivity contribution >= 4 is 28.6 Å². The topological polar surface area (TPSA) is 46.5 Å². The zero-order valence-corrected chi connectivity index (χ0v) is 21.5. The highest BCUT2D eigenvalue weighted by molar-refractivity contribution is 7.12. The minimum Gasteiger partial charge on any atom is -1.00 e. The second-order valence-electron chi connectivity index (χ2n) is 9.06. The van der Waals surface area contributed by atoms with E-state index < -0.39 is 11.6 Å². The molecule has 0 aromatic carbocycles. The van der Waals surface area contributed by atoms with Gasteiger partial charge in [-0.1, -0.05) is 38.3 Å². The molecular weight excluding hydrogens is 494 g/mol. The Kier molecular flexibility index (Phi) is 8.78. The number of ether oxygens (including phenoxy) is 1. The van der Waals surface area contributed by atoms with Crippen LogP contribution in [0.4, 0.5) is 0 Å². The minimum atomic E-state index is -1.70. The molecule has 0 amide bonds. The van der Waals surface area contributed by atoms with Gasteiger partial charge < -0.3 is 31.3 Å². The second-order valence-corrected chi connectivity index (χ2v) is 11.0. The minimum absolute atomic E-state index is 0. The summed E-state index contributed by atoms with van der Waals surface area (Å²) in [5.41, 5.74) is -1.70. The maximum Gasteiger partial charge on any atom is 0.349 e. The van der Waals surface area contributed by atoms with E-state index in [9.17, 15) is 9.90 Å². The van der Waals surface area contributed by atoms with Crippen molar-refractivity contribution in [1.82, 2.24) is 0 Å². The number of esters is 1. The highest BCUT2D eigenvalue weighted by Gasteiger charge is 2.51. The van der Waals surface area contributed by atoms with Gasteiger partial charge in [0.2, 0.25) is 5.60 Å². The first-order chi connectivity index (χ1) is 14.6. The van der Waals surface area contributed by atoms with Gasteiger partial charge in [-0.05, 0) is 35.7 Å². The van der Waals surface area contributed by atoms with Crippen LogP contribution in [0.5, 0.6) is 0 Å². The third-order valence-corrected chi connectivity index (χ3v) is 9.04. The standard InChI is InChI=1S/C24H34NO3S2.BrH/c1-2-3-4-5-6-13-25-14-11-19(12-15-25)20(18-25)28-23(26)24(27,21-9-7-16-29-21)22-10-8-17-30-22;/h7-10,16-17,19-20,27H,2-6,11-15,18H2,1H3;1H/q+1;/p-1/t19?,20-,25?;/m0./s1. The van der Waals surface area contributed by atoms with Crippen LogP contribution in [0.3, 0.4) is 0 Å². The number of quaternary nitrogens is 1. The molecule has 2 aromatic heterocycles. The maximum absolute atomic E-state index is 13.4. The summed E-state index contributed by atoms with van der Waals surface area (Å²) in [5, 5.41) is 15.3. The van der Waals surface area contributed by atoms with Gasteiger partial charge in [-0.15, -0.1) is 22.7 Å². The lowest BCUT2D eigenvalue weighted by Gasteiger charge is -2.52. The molecule has 0 spiro atoms. The van der Waals surface area contributed by atoms with E-state index >= 15 is 0 Å². The van der Waals surface area contributed by atoms with E-state index in [4.69, 9.17) is 4.74 Å². The van der Waals surface area contributed by atoms with Crippen molar-refractivity contribution in [3.63, 3.8) is 0 Å². The number of rotatable bonds is 10. The van der Waals surface area contributed by atoms with E-state index in [1.165, 1.54) is 74.4 Å². The summed E-state index contributed by atoms with van der Waals surface area (Å²) < 4.78 is 7.21. The summed E-state index contributed by atoms with van der Waals surface area (Å²) in [6, 6.07) is 7.40. The van der Waals surface area contributed by atoms with Crippen LogP contribution >= 0.6 is 22.7 Å². The van der Waals surface area contributed by atoms with Crippen molar-refractivity contribution in [3.8, 4) is 0 Å². The van der Waals surface area contributed by atoms with Crippen molar-refractivity contribution in [2.75, 3.05) is 26.2 Å². The zero-order valence-electron chi connectivity index (χ0n) is 18.3. The Hall–Kier alpha value is -0.730. The van der Waals surface area contributed by atoms with Crippen LogP contribution in [0.25, 0.3) is 0 Å². The molecular formula is C24H34BrNO3S2. The summed E-state index contributed by atoms with van der Waals surface area (Å²) in [5.74, 6) is -0.0720. The lowest BCUT2D eigenvalue weighted by atomic mass is 9.82. The number of aliphatic hydroxyl groups is 1. The van der Waals surface area contributed by atoms with Gasteiger partial charge in [-0.3, -0.25) is 0 Å². The molecule has 3 saturated heterocycles. The highest BCUT2D eigenvalue weighted by atomic mass is 79.9. The fourth-order valence-electron chi connectivity index (χ4n) is 5.23. The Labute approximate surface area is 204 Å². The van der Waals surface area contributed by atoms with E-state index in [0.29, 0.717) is 15.7 Å². The molecule has 2 bridgehead atoms. The highest BCUT2D eigenvalue weighted by Crippen LogP contribution is 2.40. The van der Waals surface area contributed by atoms with Crippen LogP contribution in [0.15, 0.2) is 35.0 Å². The van der Waals surface area contributed by atoms with Crippen LogP contribution in [-0.2, 0) is 15.1 Å². The van der Waals surface area contributed by atoms with Gasteiger partial charge in [0, 0.05) is 18.8 Å². The van der Waals surface area contributed by atoms with Gasteiger partial charge >= 0.3 is 5.97 Å². The largest absolute Gasteiger partial charge is 1.00 e. The number of unbranched alkanes of at least 4 members (excludes halogenated alkanes) is 4. The number of fused-ring (bicyclic) bond motifs is 3. The molecule has 4 nitrogen and oxygen atoms in total. The van der Waals surface area contributed by atoms with Crippen LogP contribution in [0.2, 0.25) is 0 Å². The quantitative estimate of drug-likeness (QED) is 0.292. The zero-order chi connectivity index (χ0) is 21.0. The maximum atomic E-state index is 13.4. The Bertz CT molecular complexity index is 767. The molecule has 0 radical (unpaired) electrons. The Morgan fingerprint density at radius 3 is 2.26 bits per heavy atom. The first-order valence-corrected chi connectivity index (χ1v) is 13.2. The summed E-state index contributed by atoms with van der Waals surface area (Å²) in [7, 11) is 0. The second kappa shape index (κ2) is 10.9. The third-order valence-electron chi connectivity index (χ3n) is 7.09. The monoisotopic (exact) mass is 527 g/mol. The van der Waals surface area contributed by atoms with E-state index in [0.717, 1.165) is 23.9 Å². The molecule has 3 fully saturated rings. The molecule has 31 heavy (non-hydrogen) atoms. The Morgan fingerprint density at radius 2 is 1.71 bits per heavy atom. The summed E-state index contributed by atoms with van der Waals surface area (Å²) in [6.45, 7) is 6.79. The molecule has 7 heteroatoms. The molecule has 1 N–H and O–H groups in total. The smallest absolute Gasteiger partial charge is 0.349 e. The average Bonchev–Trinajstić information content (AvgIpc) is 3.48. The third kappa shape index (κ3) is 5.27. The van der Waals surface area contributed by atoms with Gasteiger partial charge in [-0.25, -0.2) is 4.79 Å². The van der Waals surface area contributed by atoms with Gasteiger partial charge in [0.15, 0.2) is 6.10 Å². The summed E-state index contributed by atoms with van der Waals surface area (Å²) in [4.78, 5) is 14.6. The predicted octanol–water partition coefficient (Wildman–Crippen LogP) is 2.17. The fourth-order valence-corrected chi connectivity index (χ4v) is 6.95. The molecule has 5 rings (SSSR count). The molecule has 3 aliphatic rings. The van der Waals surface area contributed by atoms with Gasteiger partial charge in [-0.2, -0.15) is 0 Å². The predicted molar refractivity (Wildman–Crippen MR) is 123 cm³/mol. The molecule has 172 valence electrons. The number of hydrogen-bond donors (Lipinski definition) is 1.